The summed E-state index contributed by atoms with van der Waals surface area (Å²) in [6.07, 6.45) is 1.52. The van der Waals surface area contributed by atoms with Crippen LogP contribution in [0.1, 0.15) is 29.2 Å². The van der Waals surface area contributed by atoms with Gasteiger partial charge in [0.25, 0.3) is 11.7 Å². The molecule has 1 aliphatic heterocycles. The van der Waals surface area contributed by atoms with E-state index >= 15 is 0 Å². The van der Waals surface area contributed by atoms with E-state index in [1.165, 1.54) is 22.5 Å². The molecule has 1 N–H and O–H groups in total. The van der Waals surface area contributed by atoms with Crippen molar-refractivity contribution in [1.29, 1.82) is 0 Å². The minimum atomic E-state index is -0.714. The van der Waals surface area contributed by atoms with Gasteiger partial charge >= 0.3 is 0 Å². The number of benzene rings is 1. The maximum absolute atomic E-state index is 12.9. The van der Waals surface area contributed by atoms with Gasteiger partial charge in [-0.15, -0.1) is 11.3 Å². The maximum Gasteiger partial charge on any atom is 0.296 e. The Morgan fingerprint density at radius 3 is 2.76 bits per heavy atom. The first-order valence-corrected chi connectivity index (χ1v) is 10.1. The Bertz CT molecular complexity index is 1050. The fourth-order valence-electron chi connectivity index (χ4n) is 3.41. The van der Waals surface area contributed by atoms with E-state index in [4.69, 9.17) is 9.15 Å². The lowest BCUT2D eigenvalue weighted by Gasteiger charge is -2.23. The quantitative estimate of drug-likeness (QED) is 0.372. The van der Waals surface area contributed by atoms with E-state index in [2.05, 4.69) is 0 Å². The third kappa shape index (κ3) is 3.56. The Morgan fingerprint density at radius 2 is 2.07 bits per heavy atom. The predicted molar refractivity (Wildman–Crippen MR) is 108 cm³/mol. The van der Waals surface area contributed by atoms with Crippen LogP contribution in [0.3, 0.4) is 0 Å². The molecule has 29 heavy (non-hydrogen) atoms. The van der Waals surface area contributed by atoms with Crippen LogP contribution in [-0.2, 0) is 16.1 Å². The number of furan rings is 1. The summed E-state index contributed by atoms with van der Waals surface area (Å²) in [4.78, 5) is 28.0. The van der Waals surface area contributed by atoms with Gasteiger partial charge < -0.3 is 19.2 Å². The molecule has 1 amide bonds. The van der Waals surface area contributed by atoms with Crippen molar-refractivity contribution in [3.63, 3.8) is 0 Å². The zero-order valence-electron chi connectivity index (χ0n) is 15.7. The molecule has 0 radical (unpaired) electrons. The Balaban J connectivity index is 1.81. The highest BCUT2D eigenvalue weighted by Crippen LogP contribution is 2.42. The molecule has 3 aromatic rings. The van der Waals surface area contributed by atoms with Gasteiger partial charge in [0.2, 0.25) is 0 Å². The number of likely N-dealkylation sites (tertiary alicyclic amines) is 1. The average Bonchev–Trinajstić information content (AvgIpc) is 3.47. The van der Waals surface area contributed by atoms with Crippen LogP contribution in [0.25, 0.3) is 5.76 Å². The molecule has 1 unspecified atom stereocenters. The summed E-state index contributed by atoms with van der Waals surface area (Å²) in [5, 5.41) is 12.9. The summed E-state index contributed by atoms with van der Waals surface area (Å²) in [5.74, 6) is -0.456. The van der Waals surface area contributed by atoms with E-state index in [-0.39, 0.29) is 17.9 Å². The van der Waals surface area contributed by atoms with E-state index in [1.807, 2.05) is 24.4 Å². The number of Topliss-reactive ketones (excluding diaryl/α,β-unsaturated/α-hetero) is 1. The third-order valence-corrected chi connectivity index (χ3v) is 5.60. The molecule has 0 saturated carbocycles. The van der Waals surface area contributed by atoms with E-state index in [9.17, 15) is 14.7 Å². The van der Waals surface area contributed by atoms with Crippen molar-refractivity contribution in [3.8, 4) is 5.75 Å². The standard InChI is InChI=1S/C22H19NO5S/c1-2-27-15-7-3-6-14(12-15)20(24)18-19(17-9-5-11-29-17)23(22(26)21(18)25)13-16-8-4-10-28-16/h3-12,19,24H,2,13H2,1H3/b20-18+. The molecule has 7 heteroatoms. The monoisotopic (exact) mass is 409 g/mol. The van der Waals surface area contributed by atoms with E-state index < -0.39 is 17.7 Å². The van der Waals surface area contributed by atoms with E-state index in [1.54, 1.807) is 36.4 Å². The normalized spacial score (nSPS) is 18.4. The molecule has 1 aliphatic rings. The summed E-state index contributed by atoms with van der Waals surface area (Å²) in [6.45, 7) is 2.48. The number of carbonyl (C=O) groups excluding carboxylic acids is 2. The largest absolute Gasteiger partial charge is 0.507 e. The van der Waals surface area contributed by atoms with Crippen molar-refractivity contribution >= 4 is 28.8 Å². The number of nitrogens with zero attached hydrogens (tertiary/aromatic N) is 1. The predicted octanol–water partition coefficient (Wildman–Crippen LogP) is 4.36. The first kappa shape index (κ1) is 19.0. The minimum absolute atomic E-state index is 0.0673. The molecule has 0 bridgehead atoms. The van der Waals surface area contributed by atoms with Crippen LogP contribution in [0, 0.1) is 0 Å². The molecule has 2 aromatic heterocycles. The summed E-state index contributed by atoms with van der Waals surface area (Å²) >= 11 is 1.42. The van der Waals surface area contributed by atoms with Gasteiger partial charge in [0.1, 0.15) is 23.3 Å². The molecule has 0 aliphatic carbocycles. The lowest BCUT2D eigenvalue weighted by Crippen LogP contribution is -2.28. The third-order valence-electron chi connectivity index (χ3n) is 4.68. The van der Waals surface area contributed by atoms with Gasteiger partial charge in [-0.1, -0.05) is 18.2 Å². The Kier molecular flexibility index (Phi) is 5.22. The number of ketones is 1. The van der Waals surface area contributed by atoms with Crippen molar-refractivity contribution in [2.24, 2.45) is 0 Å². The number of thiophene rings is 1. The Hall–Kier alpha value is -3.32. The molecule has 3 heterocycles. The van der Waals surface area contributed by atoms with Crippen LogP contribution in [0.2, 0.25) is 0 Å². The maximum atomic E-state index is 12.9. The molecule has 1 fully saturated rings. The fraction of sp³-hybridized carbons (Fsp3) is 0.182. The molecular formula is C22H19NO5S. The zero-order chi connectivity index (χ0) is 20.4. The average molecular weight is 409 g/mol. The number of carbonyl (C=O) groups is 2. The first-order chi connectivity index (χ1) is 14.1. The number of ether oxygens (including phenoxy) is 1. The number of aliphatic hydroxyl groups is 1. The van der Waals surface area contributed by atoms with Gasteiger partial charge in [-0.2, -0.15) is 0 Å². The smallest absolute Gasteiger partial charge is 0.296 e. The number of hydrogen-bond acceptors (Lipinski definition) is 6. The number of amides is 1. The molecule has 1 atom stereocenters. The molecule has 0 spiro atoms. The Morgan fingerprint density at radius 1 is 1.21 bits per heavy atom. The summed E-state index contributed by atoms with van der Waals surface area (Å²) in [5.41, 5.74) is 0.492. The number of aliphatic hydroxyl groups excluding tert-OH is 1. The summed E-state index contributed by atoms with van der Waals surface area (Å²) < 4.78 is 10.9. The van der Waals surface area contributed by atoms with Gasteiger partial charge in [-0.05, 0) is 42.6 Å². The van der Waals surface area contributed by atoms with Crippen molar-refractivity contribution in [2.45, 2.75) is 19.5 Å². The van der Waals surface area contributed by atoms with Crippen molar-refractivity contribution in [3.05, 3.63) is 81.9 Å². The van der Waals surface area contributed by atoms with E-state index in [0.29, 0.717) is 23.7 Å². The molecule has 4 rings (SSSR count). The summed E-state index contributed by atoms with van der Waals surface area (Å²) in [7, 11) is 0. The van der Waals surface area contributed by atoms with Crippen LogP contribution < -0.4 is 4.74 Å². The Labute approximate surface area is 171 Å². The van der Waals surface area contributed by atoms with Crippen LogP contribution in [0.5, 0.6) is 5.75 Å². The molecule has 1 aromatic carbocycles. The number of rotatable bonds is 6. The lowest BCUT2D eigenvalue weighted by molar-refractivity contribution is -0.140. The molecular weight excluding hydrogens is 390 g/mol. The van der Waals surface area contributed by atoms with Gasteiger partial charge in [0.15, 0.2) is 0 Å². The zero-order valence-corrected chi connectivity index (χ0v) is 16.5. The molecule has 1 saturated heterocycles. The highest BCUT2D eigenvalue weighted by Gasteiger charge is 2.46. The van der Waals surface area contributed by atoms with Gasteiger partial charge in [0, 0.05) is 10.4 Å². The van der Waals surface area contributed by atoms with Crippen molar-refractivity contribution < 1.29 is 23.8 Å². The van der Waals surface area contributed by atoms with Crippen LogP contribution in [-0.4, -0.2) is 28.3 Å². The second-order valence-electron chi connectivity index (χ2n) is 6.48. The fourth-order valence-corrected chi connectivity index (χ4v) is 4.26. The second-order valence-corrected chi connectivity index (χ2v) is 7.46. The van der Waals surface area contributed by atoms with E-state index in [0.717, 1.165) is 4.88 Å². The second kappa shape index (κ2) is 7.97. The van der Waals surface area contributed by atoms with Gasteiger partial charge in [-0.25, -0.2) is 0 Å². The van der Waals surface area contributed by atoms with Crippen molar-refractivity contribution in [1.82, 2.24) is 4.90 Å². The highest BCUT2D eigenvalue weighted by molar-refractivity contribution is 7.10. The molecule has 148 valence electrons. The van der Waals surface area contributed by atoms with Gasteiger partial charge in [0.05, 0.1) is 25.0 Å². The summed E-state index contributed by atoms with van der Waals surface area (Å²) in [6, 6.07) is 13.3. The highest BCUT2D eigenvalue weighted by atomic mass is 32.1. The van der Waals surface area contributed by atoms with Crippen LogP contribution >= 0.6 is 11.3 Å². The first-order valence-electron chi connectivity index (χ1n) is 9.17. The topological polar surface area (TPSA) is 80.0 Å². The van der Waals surface area contributed by atoms with Crippen LogP contribution in [0.15, 0.2) is 70.2 Å². The van der Waals surface area contributed by atoms with Crippen molar-refractivity contribution in [2.75, 3.05) is 6.61 Å². The van der Waals surface area contributed by atoms with Crippen LogP contribution in [0.4, 0.5) is 0 Å². The van der Waals surface area contributed by atoms with Gasteiger partial charge in [-0.3, -0.25) is 9.59 Å². The molecule has 6 nitrogen and oxygen atoms in total. The SMILES string of the molecule is CCOc1cccc(/C(O)=C2\C(=O)C(=O)N(Cc3ccco3)C2c2cccs2)c1. The number of hydrogen-bond donors (Lipinski definition) is 1. The lowest BCUT2D eigenvalue weighted by atomic mass is 9.99. The minimum Gasteiger partial charge on any atom is -0.507 e.